The van der Waals surface area contributed by atoms with E-state index in [1.807, 2.05) is 6.07 Å². The second kappa shape index (κ2) is 6.43. The molecule has 0 atom stereocenters. The molecule has 0 saturated heterocycles. The Kier molecular flexibility index (Phi) is 3.99. The molecule has 4 bridgehead atoms. The van der Waals surface area contributed by atoms with Gasteiger partial charge in [-0.25, -0.2) is 0 Å². The smallest absolute Gasteiger partial charge is 0.261 e. The minimum Gasteiger partial charge on any atom is -0.507 e. The number of aromatic hydroxyl groups is 1. The summed E-state index contributed by atoms with van der Waals surface area (Å²) in [7, 11) is 0. The van der Waals surface area contributed by atoms with Gasteiger partial charge in [-0.05, 0) is 86.0 Å². The quantitative estimate of drug-likeness (QED) is 0.615. The van der Waals surface area contributed by atoms with Crippen LogP contribution in [0.5, 0.6) is 5.75 Å². The monoisotopic (exact) mass is 465 g/mol. The van der Waals surface area contributed by atoms with Gasteiger partial charge in [-0.2, -0.15) is 0 Å². The number of halogens is 1. The molecule has 0 spiro atoms. The van der Waals surface area contributed by atoms with E-state index in [-0.39, 0.29) is 29.5 Å². The summed E-state index contributed by atoms with van der Waals surface area (Å²) in [6, 6.07) is 10.9. The molecule has 0 unspecified atom stereocenters. The lowest BCUT2D eigenvalue weighted by molar-refractivity contribution is -0.00622. The Morgan fingerprint density at radius 1 is 0.933 bits per heavy atom. The maximum Gasteiger partial charge on any atom is 0.261 e. The van der Waals surface area contributed by atoms with Crippen LogP contribution in [0, 0.1) is 17.8 Å². The van der Waals surface area contributed by atoms with Crippen LogP contribution in [-0.4, -0.2) is 21.8 Å². The van der Waals surface area contributed by atoms with E-state index in [1.165, 1.54) is 24.2 Å². The molecule has 4 saturated carbocycles. The van der Waals surface area contributed by atoms with Gasteiger partial charge in [-0.15, -0.1) is 0 Å². The van der Waals surface area contributed by atoms with Crippen LogP contribution in [0.25, 0.3) is 0 Å². The molecule has 5 heteroatoms. The molecule has 2 amide bonds. The molecule has 0 radical (unpaired) electrons. The van der Waals surface area contributed by atoms with Crippen molar-refractivity contribution in [1.82, 2.24) is 4.90 Å². The van der Waals surface area contributed by atoms with Crippen molar-refractivity contribution >= 4 is 27.7 Å². The first-order valence-corrected chi connectivity index (χ1v) is 11.7. The van der Waals surface area contributed by atoms with E-state index >= 15 is 0 Å². The van der Waals surface area contributed by atoms with E-state index in [4.69, 9.17) is 0 Å². The van der Waals surface area contributed by atoms with E-state index in [0.717, 1.165) is 47.1 Å². The van der Waals surface area contributed by atoms with Crippen LogP contribution in [0.2, 0.25) is 0 Å². The number of amides is 2. The number of hydrogen-bond acceptors (Lipinski definition) is 3. The van der Waals surface area contributed by atoms with Crippen LogP contribution >= 0.6 is 15.9 Å². The molecule has 30 heavy (non-hydrogen) atoms. The molecule has 0 aromatic heterocycles. The molecular weight excluding hydrogens is 442 g/mol. The summed E-state index contributed by atoms with van der Waals surface area (Å²) in [5.41, 5.74) is 2.59. The molecule has 1 N–H and O–H groups in total. The maximum absolute atomic E-state index is 12.8. The number of nitrogens with zero attached hydrogens (tertiary/aromatic N) is 1. The van der Waals surface area contributed by atoms with Crippen molar-refractivity contribution in [3.63, 3.8) is 0 Å². The number of hydrogen-bond donors (Lipinski definition) is 1. The fourth-order valence-electron chi connectivity index (χ4n) is 7.17. The molecule has 2 aromatic rings. The van der Waals surface area contributed by atoms with Crippen molar-refractivity contribution in [2.24, 2.45) is 17.8 Å². The molecule has 4 aliphatic carbocycles. The zero-order valence-corrected chi connectivity index (χ0v) is 18.3. The molecule has 5 aliphatic rings. The molecule has 1 heterocycles. The predicted molar refractivity (Wildman–Crippen MR) is 116 cm³/mol. The minimum absolute atomic E-state index is 0.0410. The van der Waals surface area contributed by atoms with E-state index < -0.39 is 0 Å². The summed E-state index contributed by atoms with van der Waals surface area (Å²) in [6.07, 6.45) is 7.47. The van der Waals surface area contributed by atoms with Crippen LogP contribution in [0.3, 0.4) is 0 Å². The lowest BCUT2D eigenvalue weighted by atomic mass is 9.48. The van der Waals surface area contributed by atoms with E-state index in [2.05, 4.69) is 22.0 Å². The Morgan fingerprint density at radius 2 is 1.47 bits per heavy atom. The van der Waals surface area contributed by atoms with Crippen molar-refractivity contribution < 1.29 is 14.7 Å². The van der Waals surface area contributed by atoms with Crippen LogP contribution in [0.4, 0.5) is 0 Å². The zero-order chi connectivity index (χ0) is 20.6. The first-order chi connectivity index (χ1) is 14.4. The summed E-state index contributed by atoms with van der Waals surface area (Å²) in [6.45, 7) is 0.0942. The Balaban J connectivity index is 1.38. The number of imide groups is 1. The van der Waals surface area contributed by atoms with Gasteiger partial charge in [0.05, 0.1) is 17.7 Å². The predicted octanol–water partition coefficient (Wildman–Crippen LogP) is 5.42. The lowest BCUT2D eigenvalue weighted by Gasteiger charge is -2.57. The number of rotatable bonds is 3. The Labute approximate surface area is 184 Å². The van der Waals surface area contributed by atoms with Gasteiger partial charge in [0.1, 0.15) is 5.75 Å². The molecule has 2 aromatic carbocycles. The largest absolute Gasteiger partial charge is 0.507 e. The Bertz CT molecular complexity index is 1020. The zero-order valence-electron chi connectivity index (χ0n) is 16.7. The first kappa shape index (κ1) is 18.6. The second-order valence-corrected chi connectivity index (χ2v) is 10.8. The standard InChI is InChI=1S/C25H24BrNO3/c26-18-8-17(13-27-23(29)19-3-1-2-4-20(19)24(27)30)22(28)21(9-18)25-10-14-5-15(11-25)7-16(6-14)12-25/h1-4,8-9,14-16,28H,5-7,10-13H2. The molecule has 154 valence electrons. The van der Waals surface area contributed by atoms with E-state index in [0.29, 0.717) is 16.7 Å². The van der Waals surface area contributed by atoms with Gasteiger partial charge in [-0.1, -0.05) is 28.1 Å². The number of benzene rings is 2. The number of phenolic OH excluding ortho intramolecular Hbond substituents is 1. The van der Waals surface area contributed by atoms with E-state index in [1.54, 1.807) is 24.3 Å². The van der Waals surface area contributed by atoms with Gasteiger partial charge in [0, 0.05) is 15.6 Å². The van der Waals surface area contributed by atoms with Crippen molar-refractivity contribution in [2.45, 2.75) is 50.5 Å². The van der Waals surface area contributed by atoms with Crippen molar-refractivity contribution in [3.8, 4) is 5.75 Å². The van der Waals surface area contributed by atoms with E-state index in [9.17, 15) is 14.7 Å². The Morgan fingerprint density at radius 3 is 2.00 bits per heavy atom. The van der Waals surface area contributed by atoms with Gasteiger partial charge in [0.2, 0.25) is 0 Å². The minimum atomic E-state index is -0.286. The normalized spacial score (nSPS) is 31.5. The van der Waals surface area contributed by atoms with Crippen LogP contribution in [0.15, 0.2) is 40.9 Å². The average molecular weight is 466 g/mol. The highest BCUT2D eigenvalue weighted by Crippen LogP contribution is 2.62. The van der Waals surface area contributed by atoms with Crippen molar-refractivity contribution in [1.29, 1.82) is 0 Å². The van der Waals surface area contributed by atoms with Crippen molar-refractivity contribution in [3.05, 3.63) is 63.1 Å². The number of phenols is 1. The van der Waals surface area contributed by atoms with Gasteiger partial charge in [0.25, 0.3) is 11.8 Å². The molecule has 7 rings (SSSR count). The number of fused-ring (bicyclic) bond motifs is 1. The maximum atomic E-state index is 12.8. The SMILES string of the molecule is O=C1c2ccccc2C(=O)N1Cc1cc(Br)cc(C23CC4CC(CC(C4)C2)C3)c1O. The molecular formula is C25H24BrNO3. The highest BCUT2D eigenvalue weighted by atomic mass is 79.9. The van der Waals surface area contributed by atoms with Gasteiger partial charge in [-0.3, -0.25) is 14.5 Å². The second-order valence-electron chi connectivity index (χ2n) is 9.90. The topological polar surface area (TPSA) is 57.6 Å². The van der Waals surface area contributed by atoms with Crippen molar-refractivity contribution in [2.75, 3.05) is 0 Å². The molecule has 4 fully saturated rings. The lowest BCUT2D eigenvalue weighted by Crippen LogP contribution is -2.48. The van der Waals surface area contributed by atoms with Crippen LogP contribution in [-0.2, 0) is 12.0 Å². The number of carbonyl (C=O) groups is 2. The molecule has 1 aliphatic heterocycles. The summed E-state index contributed by atoms with van der Waals surface area (Å²) >= 11 is 3.64. The first-order valence-electron chi connectivity index (χ1n) is 10.9. The van der Waals surface area contributed by atoms with Gasteiger partial charge in [0.15, 0.2) is 0 Å². The van der Waals surface area contributed by atoms with Gasteiger partial charge < -0.3 is 5.11 Å². The summed E-state index contributed by atoms with van der Waals surface area (Å²) in [5, 5.41) is 11.4. The molecule has 4 nitrogen and oxygen atoms in total. The Hall–Kier alpha value is -2.14. The summed E-state index contributed by atoms with van der Waals surface area (Å²) in [5.74, 6) is 2.02. The number of carbonyl (C=O) groups excluding carboxylic acids is 2. The fraction of sp³-hybridized carbons (Fsp3) is 0.440. The van der Waals surface area contributed by atoms with Crippen LogP contribution in [0.1, 0.15) is 70.4 Å². The van der Waals surface area contributed by atoms with Gasteiger partial charge >= 0.3 is 0 Å². The average Bonchev–Trinajstić information content (AvgIpc) is 2.94. The summed E-state index contributed by atoms with van der Waals surface area (Å²) < 4.78 is 0.901. The highest BCUT2D eigenvalue weighted by Gasteiger charge is 2.52. The fourth-order valence-corrected chi connectivity index (χ4v) is 7.68. The third kappa shape index (κ3) is 2.64. The summed E-state index contributed by atoms with van der Waals surface area (Å²) in [4.78, 5) is 26.9. The van der Waals surface area contributed by atoms with Crippen LogP contribution < -0.4 is 0 Å². The third-order valence-corrected chi connectivity index (χ3v) is 8.43. The highest BCUT2D eigenvalue weighted by molar-refractivity contribution is 9.10. The third-order valence-electron chi connectivity index (χ3n) is 7.97.